The number of aliphatic imine (C=N–C) groups is 1. The van der Waals surface area contributed by atoms with Crippen LogP contribution in [-0.2, 0) is 9.53 Å². The molecule has 2 aromatic carbocycles. The predicted molar refractivity (Wildman–Crippen MR) is 108 cm³/mol. The number of nitro benzene ring substituents is 1. The fourth-order valence-electron chi connectivity index (χ4n) is 2.65. The van der Waals surface area contributed by atoms with Crippen LogP contribution in [-0.4, -0.2) is 16.8 Å². The molecule has 29 heavy (non-hydrogen) atoms. The van der Waals surface area contributed by atoms with Gasteiger partial charge in [0.25, 0.3) is 5.69 Å². The Balaban J connectivity index is 1.63. The van der Waals surface area contributed by atoms with Gasteiger partial charge in [0.15, 0.2) is 5.70 Å². The van der Waals surface area contributed by atoms with Crippen molar-refractivity contribution in [3.63, 3.8) is 0 Å². The number of esters is 1. The summed E-state index contributed by atoms with van der Waals surface area (Å²) in [7, 11) is 0. The van der Waals surface area contributed by atoms with E-state index in [-0.39, 0.29) is 27.9 Å². The maximum absolute atomic E-state index is 12.1. The number of nitro groups is 1. The number of ether oxygens (including phenoxy) is 1. The summed E-state index contributed by atoms with van der Waals surface area (Å²) < 4.78 is 10.9. The minimum Gasteiger partial charge on any atom is -0.457 e. The van der Waals surface area contributed by atoms with Gasteiger partial charge < -0.3 is 9.15 Å². The summed E-state index contributed by atoms with van der Waals surface area (Å²) in [6.45, 7) is 0. The van der Waals surface area contributed by atoms with Gasteiger partial charge in [-0.2, -0.15) is 0 Å². The third-order valence-electron chi connectivity index (χ3n) is 4.04. The molecule has 1 aromatic heterocycles. The highest BCUT2D eigenvalue weighted by atomic mass is 35.5. The largest absolute Gasteiger partial charge is 0.457 e. The third-order valence-corrected chi connectivity index (χ3v) is 4.62. The van der Waals surface area contributed by atoms with E-state index in [2.05, 4.69) is 4.99 Å². The van der Waals surface area contributed by atoms with Gasteiger partial charge in [-0.1, -0.05) is 23.2 Å². The van der Waals surface area contributed by atoms with Crippen LogP contribution in [0.25, 0.3) is 17.4 Å². The van der Waals surface area contributed by atoms with Crippen molar-refractivity contribution < 1.29 is 18.9 Å². The summed E-state index contributed by atoms with van der Waals surface area (Å²) in [5.74, 6) is 0.249. The van der Waals surface area contributed by atoms with E-state index in [1.807, 2.05) is 12.1 Å². The van der Waals surface area contributed by atoms with E-state index < -0.39 is 10.9 Å². The lowest BCUT2D eigenvalue weighted by Crippen LogP contribution is -2.06. The zero-order valence-corrected chi connectivity index (χ0v) is 16.0. The lowest BCUT2D eigenvalue weighted by atomic mass is 10.2. The Kier molecular flexibility index (Phi) is 4.92. The zero-order valence-electron chi connectivity index (χ0n) is 14.5. The Bertz CT molecular complexity index is 1200. The molecule has 0 atom stereocenters. The summed E-state index contributed by atoms with van der Waals surface area (Å²) in [5.41, 5.74) is 0.790. The first-order chi connectivity index (χ1) is 13.9. The maximum Gasteiger partial charge on any atom is 0.363 e. The summed E-state index contributed by atoms with van der Waals surface area (Å²) in [4.78, 5) is 26.7. The van der Waals surface area contributed by atoms with Gasteiger partial charge in [-0.3, -0.25) is 10.1 Å². The van der Waals surface area contributed by atoms with Crippen molar-refractivity contribution in [3.8, 4) is 11.3 Å². The molecule has 0 amide bonds. The molecule has 0 aliphatic carbocycles. The van der Waals surface area contributed by atoms with E-state index in [1.54, 1.807) is 24.3 Å². The Hall–Kier alpha value is -3.42. The van der Waals surface area contributed by atoms with Crippen molar-refractivity contribution in [1.29, 1.82) is 0 Å². The second-order valence-electron chi connectivity index (χ2n) is 5.97. The Morgan fingerprint density at radius 1 is 1.00 bits per heavy atom. The SMILES string of the molecule is O=C1OC(c2ccc(Cl)c([N+](=O)[O-])c2)=N/C1=C\c1ccc(-c2ccc(Cl)cc2)o1. The number of hydrogen-bond donors (Lipinski definition) is 0. The molecule has 2 heterocycles. The van der Waals surface area contributed by atoms with Crippen LogP contribution in [0.3, 0.4) is 0 Å². The van der Waals surface area contributed by atoms with Crippen molar-refractivity contribution in [3.05, 3.63) is 91.8 Å². The quantitative estimate of drug-likeness (QED) is 0.236. The highest BCUT2D eigenvalue weighted by Crippen LogP contribution is 2.29. The normalized spacial score (nSPS) is 14.8. The van der Waals surface area contributed by atoms with Gasteiger partial charge in [0.05, 0.1) is 4.92 Å². The molecule has 0 bridgehead atoms. The molecule has 0 N–H and O–H groups in total. The lowest BCUT2D eigenvalue weighted by Gasteiger charge is -2.00. The number of cyclic esters (lactones) is 1. The summed E-state index contributed by atoms with van der Waals surface area (Å²) >= 11 is 11.7. The van der Waals surface area contributed by atoms with Crippen LogP contribution in [0.1, 0.15) is 11.3 Å². The molecule has 0 spiro atoms. The number of rotatable bonds is 4. The molecule has 9 heteroatoms. The standard InChI is InChI=1S/C20H10Cl2N2O5/c21-13-4-1-11(2-5-13)18-8-6-14(28-18)10-16-20(25)29-19(23-16)12-3-7-15(22)17(9-12)24(26)27/h1-10H/b16-10-. The highest BCUT2D eigenvalue weighted by molar-refractivity contribution is 6.32. The first-order valence-corrected chi connectivity index (χ1v) is 8.99. The molecule has 3 aromatic rings. The number of carbonyl (C=O) groups excluding carboxylic acids is 1. The Morgan fingerprint density at radius 2 is 1.72 bits per heavy atom. The number of halogens is 2. The van der Waals surface area contributed by atoms with Crippen molar-refractivity contribution in [2.75, 3.05) is 0 Å². The average molecular weight is 429 g/mol. The average Bonchev–Trinajstić information content (AvgIpc) is 3.30. The van der Waals surface area contributed by atoms with Crippen LogP contribution in [0.5, 0.6) is 0 Å². The summed E-state index contributed by atoms with van der Waals surface area (Å²) in [6.07, 6.45) is 1.43. The Morgan fingerprint density at radius 3 is 2.45 bits per heavy atom. The van der Waals surface area contributed by atoms with Crippen LogP contribution in [0.4, 0.5) is 5.69 Å². The molecule has 144 valence electrons. The van der Waals surface area contributed by atoms with Crippen LogP contribution >= 0.6 is 23.2 Å². The van der Waals surface area contributed by atoms with Crippen molar-refractivity contribution in [2.45, 2.75) is 0 Å². The monoisotopic (exact) mass is 428 g/mol. The number of benzene rings is 2. The Labute approximate surface area is 174 Å². The van der Waals surface area contributed by atoms with Gasteiger partial charge in [-0.05, 0) is 48.5 Å². The van der Waals surface area contributed by atoms with E-state index in [9.17, 15) is 14.9 Å². The second-order valence-corrected chi connectivity index (χ2v) is 6.81. The van der Waals surface area contributed by atoms with Gasteiger partial charge in [0.2, 0.25) is 5.90 Å². The molecular weight excluding hydrogens is 419 g/mol. The van der Waals surface area contributed by atoms with Crippen molar-refractivity contribution >= 4 is 46.8 Å². The molecule has 0 saturated heterocycles. The maximum atomic E-state index is 12.1. The van der Waals surface area contributed by atoms with E-state index in [0.717, 1.165) is 5.56 Å². The summed E-state index contributed by atoms with van der Waals surface area (Å²) in [6, 6.07) is 14.6. The minimum absolute atomic E-state index is 0.00890. The molecule has 0 saturated carbocycles. The van der Waals surface area contributed by atoms with Crippen molar-refractivity contribution in [1.82, 2.24) is 0 Å². The first kappa shape index (κ1) is 18.9. The number of carbonyl (C=O) groups is 1. The molecule has 1 aliphatic heterocycles. The molecule has 0 unspecified atom stereocenters. The minimum atomic E-state index is -0.693. The van der Waals surface area contributed by atoms with Crippen LogP contribution < -0.4 is 0 Å². The van der Waals surface area contributed by atoms with E-state index >= 15 is 0 Å². The smallest absolute Gasteiger partial charge is 0.363 e. The van der Waals surface area contributed by atoms with E-state index in [4.69, 9.17) is 32.4 Å². The number of nitrogens with zero attached hydrogens (tertiary/aromatic N) is 2. The molecular formula is C20H10Cl2N2O5. The fraction of sp³-hybridized carbons (Fsp3) is 0. The van der Waals surface area contributed by atoms with Crippen LogP contribution in [0.2, 0.25) is 10.0 Å². The second kappa shape index (κ2) is 7.54. The van der Waals surface area contributed by atoms with E-state index in [0.29, 0.717) is 16.5 Å². The molecule has 0 radical (unpaired) electrons. The number of furan rings is 1. The zero-order chi connectivity index (χ0) is 20.5. The van der Waals surface area contributed by atoms with Gasteiger partial charge in [0.1, 0.15) is 16.5 Å². The highest BCUT2D eigenvalue weighted by Gasteiger charge is 2.26. The third kappa shape index (κ3) is 3.91. The predicted octanol–water partition coefficient (Wildman–Crippen LogP) is 5.51. The molecule has 1 aliphatic rings. The van der Waals surface area contributed by atoms with Crippen LogP contribution in [0.15, 0.2) is 69.7 Å². The lowest BCUT2D eigenvalue weighted by molar-refractivity contribution is -0.384. The molecule has 0 fully saturated rings. The summed E-state index contributed by atoms with van der Waals surface area (Å²) in [5, 5.41) is 11.6. The van der Waals surface area contributed by atoms with Gasteiger partial charge >= 0.3 is 5.97 Å². The fourth-order valence-corrected chi connectivity index (χ4v) is 2.97. The number of hydrogen-bond acceptors (Lipinski definition) is 6. The molecule has 4 rings (SSSR count). The van der Waals surface area contributed by atoms with Crippen LogP contribution in [0, 0.1) is 10.1 Å². The van der Waals surface area contributed by atoms with Crippen molar-refractivity contribution in [2.24, 2.45) is 4.99 Å². The first-order valence-electron chi connectivity index (χ1n) is 8.23. The topological polar surface area (TPSA) is 94.9 Å². The van der Waals surface area contributed by atoms with Gasteiger partial charge in [0, 0.05) is 28.3 Å². The molecule has 7 nitrogen and oxygen atoms in total. The van der Waals surface area contributed by atoms with E-state index in [1.165, 1.54) is 24.3 Å². The van der Waals surface area contributed by atoms with Gasteiger partial charge in [-0.15, -0.1) is 0 Å². The van der Waals surface area contributed by atoms with Gasteiger partial charge in [-0.25, -0.2) is 9.79 Å².